The van der Waals surface area contributed by atoms with Crippen molar-refractivity contribution in [1.82, 2.24) is 9.88 Å². The largest absolute Gasteiger partial charge is 0.396 e. The molecule has 1 aliphatic heterocycles. The molecule has 18 heavy (non-hydrogen) atoms. The number of hydrogen-bond acceptors (Lipinski definition) is 5. The molecule has 1 atom stereocenters. The van der Waals surface area contributed by atoms with Crippen LogP contribution in [0.4, 0.5) is 11.4 Å². The second-order valence-corrected chi connectivity index (χ2v) is 4.77. The number of piperazine rings is 1. The average Bonchev–Trinajstić information content (AvgIpc) is 2.40. The summed E-state index contributed by atoms with van der Waals surface area (Å²) in [6.07, 6.45) is 3.81. The average molecular weight is 250 g/mol. The lowest BCUT2D eigenvalue weighted by atomic mass is 10.2. The highest BCUT2D eigenvalue weighted by atomic mass is 16.5. The van der Waals surface area contributed by atoms with Gasteiger partial charge in [-0.2, -0.15) is 0 Å². The number of hydrogen-bond donors (Lipinski definition) is 1. The number of nitrogens with zero attached hydrogens (tertiary/aromatic N) is 3. The van der Waals surface area contributed by atoms with E-state index in [1.54, 1.807) is 19.5 Å². The molecule has 100 valence electrons. The first-order valence-electron chi connectivity index (χ1n) is 6.40. The van der Waals surface area contributed by atoms with Crippen molar-refractivity contribution in [3.05, 3.63) is 18.5 Å². The fraction of sp³-hybridized carbons (Fsp3) is 0.615. The van der Waals surface area contributed by atoms with Gasteiger partial charge in [-0.1, -0.05) is 0 Å². The third-order valence-electron chi connectivity index (χ3n) is 3.46. The van der Waals surface area contributed by atoms with Crippen molar-refractivity contribution in [2.75, 3.05) is 50.5 Å². The predicted octanol–water partition coefficient (Wildman–Crippen LogP) is 0.821. The van der Waals surface area contributed by atoms with Gasteiger partial charge in [0.1, 0.15) is 0 Å². The van der Waals surface area contributed by atoms with Gasteiger partial charge in [0, 0.05) is 46.0 Å². The van der Waals surface area contributed by atoms with Gasteiger partial charge >= 0.3 is 0 Å². The van der Waals surface area contributed by atoms with Crippen LogP contribution in [0.2, 0.25) is 0 Å². The van der Waals surface area contributed by atoms with E-state index in [9.17, 15) is 0 Å². The SMILES string of the molecule is COC(C)CN1CCN(c2ccncc2N)CC1. The van der Waals surface area contributed by atoms with E-state index in [-0.39, 0.29) is 0 Å². The molecule has 1 aromatic heterocycles. The molecule has 0 saturated carbocycles. The van der Waals surface area contributed by atoms with Gasteiger partial charge in [0.15, 0.2) is 0 Å². The van der Waals surface area contributed by atoms with Crippen molar-refractivity contribution in [2.24, 2.45) is 0 Å². The second kappa shape index (κ2) is 6.02. The number of rotatable bonds is 4. The third-order valence-corrected chi connectivity index (χ3v) is 3.46. The van der Waals surface area contributed by atoms with Gasteiger partial charge in [-0.3, -0.25) is 9.88 Å². The van der Waals surface area contributed by atoms with Crippen LogP contribution in [-0.4, -0.2) is 55.8 Å². The van der Waals surface area contributed by atoms with Crippen LogP contribution in [0.5, 0.6) is 0 Å². The highest BCUT2D eigenvalue weighted by Crippen LogP contribution is 2.22. The third kappa shape index (κ3) is 3.11. The minimum Gasteiger partial charge on any atom is -0.396 e. The van der Waals surface area contributed by atoms with E-state index in [1.807, 2.05) is 6.07 Å². The summed E-state index contributed by atoms with van der Waals surface area (Å²) >= 11 is 0. The van der Waals surface area contributed by atoms with Gasteiger partial charge in [-0.25, -0.2) is 0 Å². The van der Waals surface area contributed by atoms with Crippen molar-refractivity contribution in [1.29, 1.82) is 0 Å². The van der Waals surface area contributed by atoms with E-state index in [0.29, 0.717) is 6.10 Å². The molecule has 0 aliphatic carbocycles. The standard InChI is InChI=1S/C13H22N4O/c1-11(18-2)10-16-5-7-17(8-6-16)13-3-4-15-9-12(13)14/h3-4,9,11H,5-8,10,14H2,1-2H3. The lowest BCUT2D eigenvalue weighted by molar-refractivity contribution is 0.0750. The van der Waals surface area contributed by atoms with Crippen LogP contribution in [0.25, 0.3) is 0 Å². The highest BCUT2D eigenvalue weighted by Gasteiger charge is 2.19. The van der Waals surface area contributed by atoms with Crippen molar-refractivity contribution < 1.29 is 4.74 Å². The highest BCUT2D eigenvalue weighted by molar-refractivity contribution is 5.66. The van der Waals surface area contributed by atoms with Crippen molar-refractivity contribution >= 4 is 11.4 Å². The van der Waals surface area contributed by atoms with Crippen LogP contribution in [0, 0.1) is 0 Å². The predicted molar refractivity (Wildman–Crippen MR) is 73.8 cm³/mol. The summed E-state index contributed by atoms with van der Waals surface area (Å²) in [7, 11) is 1.76. The molecule has 2 rings (SSSR count). The molecule has 1 aromatic rings. The summed E-state index contributed by atoms with van der Waals surface area (Å²) in [6.45, 7) is 7.21. The van der Waals surface area contributed by atoms with E-state index < -0.39 is 0 Å². The number of ether oxygens (including phenoxy) is 1. The summed E-state index contributed by atoms with van der Waals surface area (Å²) in [5, 5.41) is 0. The number of aromatic nitrogens is 1. The molecule has 0 spiro atoms. The van der Waals surface area contributed by atoms with Crippen LogP contribution in [0.3, 0.4) is 0 Å². The van der Waals surface area contributed by atoms with Crippen molar-refractivity contribution in [3.63, 3.8) is 0 Å². The maximum atomic E-state index is 5.95. The Hall–Kier alpha value is -1.33. The van der Waals surface area contributed by atoms with E-state index in [2.05, 4.69) is 21.7 Å². The van der Waals surface area contributed by atoms with Crippen LogP contribution >= 0.6 is 0 Å². The van der Waals surface area contributed by atoms with Gasteiger partial charge in [0.25, 0.3) is 0 Å². The van der Waals surface area contributed by atoms with Gasteiger partial charge in [0.2, 0.25) is 0 Å². The number of pyridine rings is 1. The van der Waals surface area contributed by atoms with E-state index in [1.165, 1.54) is 0 Å². The zero-order valence-corrected chi connectivity index (χ0v) is 11.2. The van der Waals surface area contributed by atoms with Crippen molar-refractivity contribution in [3.8, 4) is 0 Å². The van der Waals surface area contributed by atoms with E-state index >= 15 is 0 Å². The maximum absolute atomic E-state index is 5.95. The first-order chi connectivity index (χ1) is 8.70. The van der Waals surface area contributed by atoms with Crippen molar-refractivity contribution in [2.45, 2.75) is 13.0 Å². The fourth-order valence-corrected chi connectivity index (χ4v) is 2.30. The molecule has 0 aromatic carbocycles. The first-order valence-corrected chi connectivity index (χ1v) is 6.40. The maximum Gasteiger partial charge on any atom is 0.0738 e. The number of anilines is 2. The Bertz CT molecular complexity index is 377. The molecule has 0 amide bonds. The zero-order chi connectivity index (χ0) is 13.0. The molecule has 0 radical (unpaired) electrons. The quantitative estimate of drug-likeness (QED) is 0.857. The summed E-state index contributed by atoms with van der Waals surface area (Å²) in [5.41, 5.74) is 7.81. The van der Waals surface area contributed by atoms with Crippen LogP contribution in [0.1, 0.15) is 6.92 Å². The monoisotopic (exact) mass is 250 g/mol. The molecular formula is C13H22N4O. The van der Waals surface area contributed by atoms with Gasteiger partial charge in [0.05, 0.1) is 23.7 Å². The molecule has 1 saturated heterocycles. The summed E-state index contributed by atoms with van der Waals surface area (Å²) in [5.74, 6) is 0. The Morgan fingerprint density at radius 3 is 2.72 bits per heavy atom. The molecule has 1 aliphatic rings. The Morgan fingerprint density at radius 2 is 2.11 bits per heavy atom. The van der Waals surface area contributed by atoms with Crippen LogP contribution < -0.4 is 10.6 Å². The van der Waals surface area contributed by atoms with Crippen LogP contribution in [-0.2, 0) is 4.74 Å². The van der Waals surface area contributed by atoms with E-state index in [0.717, 1.165) is 44.1 Å². The lowest BCUT2D eigenvalue weighted by Gasteiger charge is -2.37. The van der Waals surface area contributed by atoms with Gasteiger partial charge in [-0.05, 0) is 13.0 Å². The Morgan fingerprint density at radius 1 is 1.39 bits per heavy atom. The Labute approximate surface area is 109 Å². The molecule has 2 N–H and O–H groups in total. The Balaban J connectivity index is 1.89. The first kappa shape index (κ1) is 13.1. The summed E-state index contributed by atoms with van der Waals surface area (Å²) < 4.78 is 5.30. The Kier molecular flexibility index (Phi) is 4.38. The normalized spacial score (nSPS) is 18.9. The molecule has 5 heteroatoms. The van der Waals surface area contributed by atoms with Gasteiger partial charge in [-0.15, -0.1) is 0 Å². The number of nitrogens with two attached hydrogens (primary N) is 1. The summed E-state index contributed by atoms with van der Waals surface area (Å²) in [4.78, 5) is 8.78. The topological polar surface area (TPSA) is 54.6 Å². The van der Waals surface area contributed by atoms with Gasteiger partial charge < -0.3 is 15.4 Å². The molecule has 0 bridgehead atoms. The molecule has 2 heterocycles. The molecule has 1 unspecified atom stereocenters. The van der Waals surface area contributed by atoms with Crippen LogP contribution in [0.15, 0.2) is 18.5 Å². The lowest BCUT2D eigenvalue weighted by Crippen LogP contribution is -2.48. The summed E-state index contributed by atoms with van der Waals surface area (Å²) in [6, 6.07) is 1.99. The minimum atomic E-state index is 0.294. The fourth-order valence-electron chi connectivity index (χ4n) is 2.30. The number of nitrogen functional groups attached to an aromatic ring is 1. The minimum absolute atomic E-state index is 0.294. The second-order valence-electron chi connectivity index (χ2n) is 4.77. The molecule has 1 fully saturated rings. The molecular weight excluding hydrogens is 228 g/mol. The molecule has 5 nitrogen and oxygen atoms in total. The zero-order valence-electron chi connectivity index (χ0n) is 11.2. The smallest absolute Gasteiger partial charge is 0.0738 e. The number of methoxy groups -OCH3 is 1. The van der Waals surface area contributed by atoms with E-state index in [4.69, 9.17) is 10.5 Å².